The van der Waals surface area contributed by atoms with Gasteiger partial charge < -0.3 is 9.47 Å². The van der Waals surface area contributed by atoms with Crippen molar-refractivity contribution in [1.29, 1.82) is 0 Å². The number of pyridine rings is 1. The lowest BCUT2D eigenvalue weighted by atomic mass is 10.2. The maximum Gasteiger partial charge on any atom is 0.182 e. The molecule has 0 atom stereocenters. The Balaban J connectivity index is 1.98. The molecule has 0 fully saturated rings. The molecule has 2 heterocycles. The lowest BCUT2D eigenvalue weighted by Gasteiger charge is -2.05. The van der Waals surface area contributed by atoms with Crippen LogP contribution in [-0.4, -0.2) is 34.2 Å². The third-order valence-electron chi connectivity index (χ3n) is 3.28. The lowest BCUT2D eigenvalue weighted by molar-refractivity contribution is 0.414. The molecule has 0 spiro atoms. The second-order valence-electron chi connectivity index (χ2n) is 4.73. The van der Waals surface area contributed by atoms with E-state index in [4.69, 9.17) is 9.47 Å². The summed E-state index contributed by atoms with van der Waals surface area (Å²) in [4.78, 5) is 4.51. The zero-order chi connectivity index (χ0) is 14.8. The summed E-state index contributed by atoms with van der Waals surface area (Å²) in [5, 5.41) is 8.34. The van der Waals surface area contributed by atoms with Gasteiger partial charge in [-0.1, -0.05) is 17.3 Å². The fourth-order valence-electron chi connectivity index (χ4n) is 2.20. The van der Waals surface area contributed by atoms with E-state index in [0.717, 1.165) is 22.7 Å². The normalized spacial score (nSPS) is 10.8. The van der Waals surface area contributed by atoms with Gasteiger partial charge in [-0.05, 0) is 24.6 Å². The van der Waals surface area contributed by atoms with Gasteiger partial charge in [-0.2, -0.15) is 0 Å². The molecule has 108 valence electrons. The second kappa shape index (κ2) is 5.40. The van der Waals surface area contributed by atoms with Crippen LogP contribution >= 0.6 is 0 Å². The molecule has 0 N–H and O–H groups in total. The molecule has 0 aliphatic rings. The number of aromatic nitrogens is 4. The summed E-state index contributed by atoms with van der Waals surface area (Å²) in [6.45, 7) is 2.52. The van der Waals surface area contributed by atoms with Gasteiger partial charge in [-0.25, -0.2) is 9.67 Å². The van der Waals surface area contributed by atoms with E-state index in [2.05, 4.69) is 15.3 Å². The first-order chi connectivity index (χ1) is 10.2. The van der Waals surface area contributed by atoms with Crippen molar-refractivity contribution in [3.63, 3.8) is 0 Å². The van der Waals surface area contributed by atoms with Gasteiger partial charge in [-0.3, -0.25) is 0 Å². The van der Waals surface area contributed by atoms with Gasteiger partial charge >= 0.3 is 0 Å². The lowest BCUT2D eigenvalue weighted by Crippen LogP contribution is -2.03. The van der Waals surface area contributed by atoms with E-state index in [-0.39, 0.29) is 0 Å². The SMILES string of the molecule is COc1ccc(Cn2nnc3c(OC)cc(C)nc32)cc1. The number of aryl methyl sites for hydroxylation is 1. The predicted octanol–water partition coefficient (Wildman–Crippen LogP) is 2.20. The Morgan fingerprint density at radius 2 is 1.86 bits per heavy atom. The van der Waals surface area contributed by atoms with Crippen molar-refractivity contribution >= 4 is 11.2 Å². The summed E-state index contributed by atoms with van der Waals surface area (Å²) in [7, 11) is 3.27. The van der Waals surface area contributed by atoms with Crippen LogP contribution in [0.1, 0.15) is 11.3 Å². The van der Waals surface area contributed by atoms with Crippen molar-refractivity contribution in [2.75, 3.05) is 14.2 Å². The average Bonchev–Trinajstić information content (AvgIpc) is 2.90. The molecular formula is C15H16N4O2. The fourth-order valence-corrected chi connectivity index (χ4v) is 2.20. The molecule has 0 amide bonds. The largest absolute Gasteiger partial charge is 0.497 e. The van der Waals surface area contributed by atoms with Gasteiger partial charge in [0.05, 0.1) is 20.8 Å². The molecule has 21 heavy (non-hydrogen) atoms. The first-order valence-electron chi connectivity index (χ1n) is 6.59. The first-order valence-corrected chi connectivity index (χ1v) is 6.59. The highest BCUT2D eigenvalue weighted by atomic mass is 16.5. The summed E-state index contributed by atoms with van der Waals surface area (Å²) in [6, 6.07) is 9.70. The third kappa shape index (κ3) is 2.52. The minimum atomic E-state index is 0.597. The molecule has 6 heteroatoms. The summed E-state index contributed by atoms with van der Waals surface area (Å²) in [6.07, 6.45) is 0. The minimum absolute atomic E-state index is 0.597. The van der Waals surface area contributed by atoms with Crippen LogP contribution < -0.4 is 9.47 Å². The molecule has 6 nitrogen and oxygen atoms in total. The van der Waals surface area contributed by atoms with Crippen LogP contribution in [0.25, 0.3) is 11.2 Å². The molecule has 0 radical (unpaired) electrons. The van der Waals surface area contributed by atoms with Crippen LogP contribution in [0.4, 0.5) is 0 Å². The number of nitrogens with zero attached hydrogens (tertiary/aromatic N) is 4. The summed E-state index contributed by atoms with van der Waals surface area (Å²) in [5.74, 6) is 1.52. The van der Waals surface area contributed by atoms with Crippen LogP contribution in [0.15, 0.2) is 30.3 Å². The van der Waals surface area contributed by atoms with E-state index in [1.54, 1.807) is 18.9 Å². The first kappa shape index (κ1) is 13.4. The summed E-state index contributed by atoms with van der Waals surface area (Å²) >= 11 is 0. The van der Waals surface area contributed by atoms with Crippen LogP contribution in [0.2, 0.25) is 0 Å². The molecule has 0 aliphatic heterocycles. The number of hydrogen-bond acceptors (Lipinski definition) is 5. The Hall–Kier alpha value is -2.63. The van der Waals surface area contributed by atoms with Crippen molar-refractivity contribution in [3.05, 3.63) is 41.6 Å². The van der Waals surface area contributed by atoms with E-state index in [1.807, 2.05) is 37.3 Å². The van der Waals surface area contributed by atoms with E-state index >= 15 is 0 Å². The molecule has 0 unspecified atom stereocenters. The van der Waals surface area contributed by atoms with Crippen LogP contribution in [0.5, 0.6) is 11.5 Å². The highest BCUT2D eigenvalue weighted by molar-refractivity contribution is 5.77. The fraction of sp³-hybridized carbons (Fsp3) is 0.267. The highest BCUT2D eigenvalue weighted by Crippen LogP contribution is 2.23. The highest BCUT2D eigenvalue weighted by Gasteiger charge is 2.12. The van der Waals surface area contributed by atoms with Crippen molar-refractivity contribution < 1.29 is 9.47 Å². The monoisotopic (exact) mass is 284 g/mol. The Bertz CT molecular complexity index is 765. The van der Waals surface area contributed by atoms with E-state index in [0.29, 0.717) is 17.8 Å². The number of fused-ring (bicyclic) bond motifs is 1. The quantitative estimate of drug-likeness (QED) is 0.735. The van der Waals surface area contributed by atoms with Crippen molar-refractivity contribution in [1.82, 2.24) is 20.0 Å². The van der Waals surface area contributed by atoms with Gasteiger partial charge in [0, 0.05) is 11.8 Å². The van der Waals surface area contributed by atoms with E-state index in [9.17, 15) is 0 Å². The second-order valence-corrected chi connectivity index (χ2v) is 4.73. The zero-order valence-electron chi connectivity index (χ0n) is 12.2. The van der Waals surface area contributed by atoms with Gasteiger partial charge in [0.15, 0.2) is 16.9 Å². The molecule has 0 saturated heterocycles. The van der Waals surface area contributed by atoms with Gasteiger partial charge in [-0.15, -0.1) is 5.10 Å². The van der Waals surface area contributed by atoms with Crippen molar-refractivity contribution in [2.24, 2.45) is 0 Å². The molecule has 3 aromatic rings. The number of benzene rings is 1. The van der Waals surface area contributed by atoms with Crippen LogP contribution in [-0.2, 0) is 6.54 Å². The zero-order valence-corrected chi connectivity index (χ0v) is 12.2. The average molecular weight is 284 g/mol. The Labute approximate surface area is 122 Å². The minimum Gasteiger partial charge on any atom is -0.497 e. The molecule has 1 aromatic carbocycles. The molecule has 0 aliphatic carbocycles. The number of methoxy groups -OCH3 is 2. The molecule has 3 rings (SSSR count). The van der Waals surface area contributed by atoms with Gasteiger partial charge in [0.25, 0.3) is 0 Å². The Morgan fingerprint density at radius 3 is 2.52 bits per heavy atom. The van der Waals surface area contributed by atoms with Crippen LogP contribution in [0, 0.1) is 6.92 Å². The summed E-state index contributed by atoms with van der Waals surface area (Å²) < 4.78 is 12.3. The molecule has 0 bridgehead atoms. The Morgan fingerprint density at radius 1 is 1.10 bits per heavy atom. The van der Waals surface area contributed by atoms with Gasteiger partial charge in [0.2, 0.25) is 0 Å². The maximum atomic E-state index is 5.33. The molecule has 2 aromatic heterocycles. The van der Waals surface area contributed by atoms with Crippen molar-refractivity contribution in [3.8, 4) is 11.5 Å². The summed E-state index contributed by atoms with van der Waals surface area (Å²) in [5.41, 5.74) is 3.38. The van der Waals surface area contributed by atoms with E-state index in [1.165, 1.54) is 0 Å². The third-order valence-corrected chi connectivity index (χ3v) is 3.28. The molecule has 0 saturated carbocycles. The predicted molar refractivity (Wildman–Crippen MR) is 78.7 cm³/mol. The smallest absolute Gasteiger partial charge is 0.182 e. The van der Waals surface area contributed by atoms with Crippen molar-refractivity contribution in [2.45, 2.75) is 13.5 Å². The number of ether oxygens (including phenoxy) is 2. The van der Waals surface area contributed by atoms with E-state index < -0.39 is 0 Å². The number of rotatable bonds is 4. The van der Waals surface area contributed by atoms with Gasteiger partial charge in [0.1, 0.15) is 5.75 Å². The topological polar surface area (TPSA) is 62.1 Å². The van der Waals surface area contributed by atoms with Crippen LogP contribution in [0.3, 0.4) is 0 Å². The number of hydrogen-bond donors (Lipinski definition) is 0. The standard InChI is InChI=1S/C15H16N4O2/c1-10-8-13(21-3)14-15(16-10)19(18-17-14)9-11-4-6-12(20-2)7-5-11/h4-8H,9H2,1-3H3. The maximum absolute atomic E-state index is 5.33. The Kier molecular flexibility index (Phi) is 3.43. The molecular weight excluding hydrogens is 268 g/mol.